The molecule has 0 aliphatic rings. The number of hydrogen-bond acceptors (Lipinski definition) is 3. The maximum atomic E-state index is 7.53. The Morgan fingerprint density at radius 2 is 2.00 bits per heavy atom. The third-order valence-corrected chi connectivity index (χ3v) is 3.44. The average Bonchev–Trinajstić information content (AvgIpc) is 2.47. The summed E-state index contributed by atoms with van der Waals surface area (Å²) < 4.78 is 5.42. The van der Waals surface area contributed by atoms with E-state index in [2.05, 4.69) is 17.9 Å². The number of amidine groups is 1. The first-order valence-electron chi connectivity index (χ1n) is 6.80. The zero-order chi connectivity index (χ0) is 15.4. The first-order valence-corrected chi connectivity index (χ1v) is 6.80. The van der Waals surface area contributed by atoms with Gasteiger partial charge in [-0.1, -0.05) is 29.8 Å². The summed E-state index contributed by atoms with van der Waals surface area (Å²) >= 11 is 0. The van der Waals surface area contributed by atoms with Crippen LogP contribution in [0.2, 0.25) is 0 Å². The van der Waals surface area contributed by atoms with Gasteiger partial charge in [-0.05, 0) is 25.1 Å². The molecule has 0 amide bonds. The molecule has 0 fully saturated rings. The van der Waals surface area contributed by atoms with E-state index in [1.54, 1.807) is 7.11 Å². The van der Waals surface area contributed by atoms with Gasteiger partial charge in [0.15, 0.2) is 0 Å². The molecule has 0 atom stereocenters. The quantitative estimate of drug-likeness (QED) is 0.655. The van der Waals surface area contributed by atoms with Gasteiger partial charge in [0.05, 0.1) is 7.11 Å². The van der Waals surface area contributed by atoms with Gasteiger partial charge in [-0.25, -0.2) is 0 Å². The second-order valence-corrected chi connectivity index (χ2v) is 5.14. The van der Waals surface area contributed by atoms with Gasteiger partial charge < -0.3 is 15.4 Å². The van der Waals surface area contributed by atoms with Crippen molar-refractivity contribution >= 4 is 11.5 Å². The maximum absolute atomic E-state index is 7.53. The van der Waals surface area contributed by atoms with E-state index < -0.39 is 0 Å². The summed E-state index contributed by atoms with van der Waals surface area (Å²) in [7, 11) is 3.70. The molecule has 0 spiro atoms. The Morgan fingerprint density at radius 3 is 2.67 bits per heavy atom. The van der Waals surface area contributed by atoms with Gasteiger partial charge in [0.25, 0.3) is 0 Å². The maximum Gasteiger partial charge on any atom is 0.123 e. The number of ether oxygens (including phenoxy) is 1. The van der Waals surface area contributed by atoms with E-state index in [4.69, 9.17) is 15.9 Å². The van der Waals surface area contributed by atoms with Crippen molar-refractivity contribution in [2.24, 2.45) is 5.73 Å². The molecule has 4 heteroatoms. The molecule has 4 nitrogen and oxygen atoms in total. The molecule has 110 valence electrons. The summed E-state index contributed by atoms with van der Waals surface area (Å²) in [4.78, 5) is 2.11. The van der Waals surface area contributed by atoms with Gasteiger partial charge in [-0.15, -0.1) is 0 Å². The van der Waals surface area contributed by atoms with Crippen molar-refractivity contribution in [2.45, 2.75) is 13.5 Å². The number of nitrogen functional groups attached to an aromatic ring is 1. The predicted octanol–water partition coefficient (Wildman–Crippen LogP) is 2.92. The van der Waals surface area contributed by atoms with Crippen LogP contribution < -0.4 is 15.4 Å². The molecular formula is C17H21N3O. The van der Waals surface area contributed by atoms with Crippen LogP contribution in [0.15, 0.2) is 42.5 Å². The minimum Gasteiger partial charge on any atom is -0.496 e. The smallest absolute Gasteiger partial charge is 0.123 e. The fourth-order valence-electron chi connectivity index (χ4n) is 2.29. The Bertz CT molecular complexity index is 652. The summed E-state index contributed by atoms with van der Waals surface area (Å²) in [6.45, 7) is 2.80. The molecule has 2 aromatic rings. The average molecular weight is 283 g/mol. The first kappa shape index (κ1) is 14.9. The van der Waals surface area contributed by atoms with Crippen LogP contribution in [0.5, 0.6) is 5.75 Å². The Hall–Kier alpha value is -2.49. The predicted molar refractivity (Wildman–Crippen MR) is 87.3 cm³/mol. The molecule has 3 N–H and O–H groups in total. The molecule has 0 aromatic heterocycles. The van der Waals surface area contributed by atoms with Crippen LogP contribution in [-0.2, 0) is 6.54 Å². The van der Waals surface area contributed by atoms with Gasteiger partial charge in [0.1, 0.15) is 11.6 Å². The Balaban J connectivity index is 2.25. The van der Waals surface area contributed by atoms with Crippen LogP contribution in [-0.4, -0.2) is 20.0 Å². The molecule has 0 saturated heterocycles. The van der Waals surface area contributed by atoms with Crippen molar-refractivity contribution in [1.82, 2.24) is 0 Å². The van der Waals surface area contributed by atoms with E-state index in [-0.39, 0.29) is 5.84 Å². The summed E-state index contributed by atoms with van der Waals surface area (Å²) in [5.41, 5.74) is 9.64. The molecule has 0 saturated carbocycles. The lowest BCUT2D eigenvalue weighted by Crippen LogP contribution is -2.18. The summed E-state index contributed by atoms with van der Waals surface area (Å²) in [6.07, 6.45) is 0. The normalized spacial score (nSPS) is 10.2. The minimum atomic E-state index is 0.0818. The largest absolute Gasteiger partial charge is 0.496 e. The van der Waals surface area contributed by atoms with Crippen molar-refractivity contribution in [3.05, 3.63) is 59.2 Å². The summed E-state index contributed by atoms with van der Waals surface area (Å²) in [5.74, 6) is 0.966. The number of aryl methyl sites for hydroxylation is 1. The van der Waals surface area contributed by atoms with Gasteiger partial charge in [-0.3, -0.25) is 5.41 Å². The zero-order valence-electron chi connectivity index (χ0n) is 12.7. The lowest BCUT2D eigenvalue weighted by molar-refractivity contribution is 0.409. The third kappa shape index (κ3) is 3.54. The minimum absolute atomic E-state index is 0.0818. The van der Waals surface area contributed by atoms with Crippen molar-refractivity contribution in [1.29, 1.82) is 5.41 Å². The Morgan fingerprint density at radius 1 is 1.24 bits per heavy atom. The van der Waals surface area contributed by atoms with Crippen LogP contribution in [0, 0.1) is 12.3 Å². The number of rotatable bonds is 5. The van der Waals surface area contributed by atoms with E-state index in [1.807, 2.05) is 43.4 Å². The Labute approximate surface area is 125 Å². The van der Waals surface area contributed by atoms with Crippen LogP contribution in [0.1, 0.15) is 16.7 Å². The molecule has 0 aliphatic heterocycles. The molecular weight excluding hydrogens is 262 g/mol. The van der Waals surface area contributed by atoms with E-state index in [9.17, 15) is 0 Å². The molecule has 2 aromatic carbocycles. The van der Waals surface area contributed by atoms with Gasteiger partial charge in [0.2, 0.25) is 0 Å². The second-order valence-electron chi connectivity index (χ2n) is 5.14. The Kier molecular flexibility index (Phi) is 4.48. The molecule has 21 heavy (non-hydrogen) atoms. The zero-order valence-corrected chi connectivity index (χ0v) is 12.7. The lowest BCUT2D eigenvalue weighted by atomic mass is 10.1. The van der Waals surface area contributed by atoms with Crippen molar-refractivity contribution in [3.63, 3.8) is 0 Å². The number of methoxy groups -OCH3 is 1. The number of nitrogens with one attached hydrogen (secondary N) is 1. The third-order valence-electron chi connectivity index (χ3n) is 3.44. The molecule has 0 heterocycles. The van der Waals surface area contributed by atoms with Gasteiger partial charge in [-0.2, -0.15) is 0 Å². The monoisotopic (exact) mass is 283 g/mol. The van der Waals surface area contributed by atoms with E-state index in [1.165, 1.54) is 5.56 Å². The van der Waals surface area contributed by atoms with Crippen LogP contribution in [0.25, 0.3) is 0 Å². The molecule has 2 rings (SSSR count). The number of hydrogen-bond donors (Lipinski definition) is 2. The van der Waals surface area contributed by atoms with Gasteiger partial charge in [0, 0.05) is 30.4 Å². The molecule has 0 unspecified atom stereocenters. The SMILES string of the molecule is COc1ccc(C)cc1CN(C)c1cccc(C(=N)N)c1. The summed E-state index contributed by atoms with van der Waals surface area (Å²) in [5, 5.41) is 7.53. The van der Waals surface area contributed by atoms with E-state index in [0.717, 1.165) is 29.1 Å². The van der Waals surface area contributed by atoms with E-state index in [0.29, 0.717) is 0 Å². The number of nitrogens with zero attached hydrogens (tertiary/aromatic N) is 1. The summed E-state index contributed by atoms with van der Waals surface area (Å²) in [6, 6.07) is 13.8. The van der Waals surface area contributed by atoms with Crippen LogP contribution in [0.4, 0.5) is 5.69 Å². The fraction of sp³-hybridized carbons (Fsp3) is 0.235. The van der Waals surface area contributed by atoms with Gasteiger partial charge >= 0.3 is 0 Å². The topological polar surface area (TPSA) is 62.3 Å². The molecule has 0 bridgehead atoms. The molecule has 0 radical (unpaired) electrons. The first-order chi connectivity index (χ1) is 10.0. The van der Waals surface area contributed by atoms with E-state index >= 15 is 0 Å². The molecule has 0 aliphatic carbocycles. The number of anilines is 1. The second kappa shape index (κ2) is 6.31. The number of nitrogens with two attached hydrogens (primary N) is 1. The highest BCUT2D eigenvalue weighted by Gasteiger charge is 2.08. The number of benzene rings is 2. The lowest BCUT2D eigenvalue weighted by Gasteiger charge is -2.21. The highest BCUT2D eigenvalue weighted by atomic mass is 16.5. The highest BCUT2D eigenvalue weighted by molar-refractivity contribution is 5.95. The van der Waals surface area contributed by atoms with Crippen molar-refractivity contribution in [3.8, 4) is 5.75 Å². The van der Waals surface area contributed by atoms with Crippen molar-refractivity contribution < 1.29 is 4.74 Å². The van der Waals surface area contributed by atoms with Crippen LogP contribution in [0.3, 0.4) is 0 Å². The standard InChI is InChI=1S/C17H21N3O/c1-12-7-8-16(21-3)14(9-12)11-20(2)15-6-4-5-13(10-15)17(18)19/h4-10H,11H2,1-3H3,(H3,18,19). The highest BCUT2D eigenvalue weighted by Crippen LogP contribution is 2.24. The van der Waals surface area contributed by atoms with Crippen molar-refractivity contribution in [2.75, 3.05) is 19.1 Å². The van der Waals surface area contributed by atoms with Crippen LogP contribution >= 0.6 is 0 Å². The fourth-order valence-corrected chi connectivity index (χ4v) is 2.29.